The van der Waals surface area contributed by atoms with Crippen LogP contribution in [0.15, 0.2) is 42.7 Å². The normalized spacial score (nSPS) is 14.4. The number of amides is 1. The van der Waals surface area contributed by atoms with E-state index >= 15 is 0 Å². The maximum absolute atomic E-state index is 12.3. The molecular weight excluding hydrogens is 374 g/mol. The van der Waals surface area contributed by atoms with Crippen LogP contribution in [0.5, 0.6) is 0 Å². The molecule has 2 heterocycles. The van der Waals surface area contributed by atoms with Crippen molar-refractivity contribution < 1.29 is 4.79 Å². The second kappa shape index (κ2) is 9.01. The maximum Gasteiger partial charge on any atom is 0.234 e. The predicted molar refractivity (Wildman–Crippen MR) is 108 cm³/mol. The Balaban J connectivity index is 1.26. The van der Waals surface area contributed by atoms with E-state index in [1.807, 2.05) is 45.9 Å². The third-order valence-electron chi connectivity index (χ3n) is 4.81. The van der Waals surface area contributed by atoms with Gasteiger partial charge in [0.2, 0.25) is 5.91 Å². The lowest BCUT2D eigenvalue weighted by Crippen LogP contribution is -2.15. The van der Waals surface area contributed by atoms with Gasteiger partial charge in [-0.3, -0.25) is 9.48 Å². The zero-order chi connectivity index (χ0) is 19.2. The number of nitrogens with zero attached hydrogens (tertiary/aromatic N) is 6. The molecule has 1 fully saturated rings. The molecule has 0 bridgehead atoms. The Morgan fingerprint density at radius 2 is 2.14 bits per heavy atom. The van der Waals surface area contributed by atoms with Gasteiger partial charge in [-0.05, 0) is 47.0 Å². The van der Waals surface area contributed by atoms with Gasteiger partial charge < -0.3 is 5.32 Å². The summed E-state index contributed by atoms with van der Waals surface area (Å²) < 4.78 is 3.79. The van der Waals surface area contributed by atoms with E-state index in [0.717, 1.165) is 29.9 Å². The van der Waals surface area contributed by atoms with Crippen LogP contribution >= 0.6 is 11.8 Å². The predicted octanol–water partition coefficient (Wildman–Crippen LogP) is 2.90. The number of thioether (sulfide) groups is 1. The van der Waals surface area contributed by atoms with Gasteiger partial charge in [0.1, 0.15) is 0 Å². The van der Waals surface area contributed by atoms with Gasteiger partial charge in [0, 0.05) is 18.1 Å². The molecule has 0 spiro atoms. The van der Waals surface area contributed by atoms with Crippen molar-refractivity contribution in [2.45, 2.75) is 44.0 Å². The first-order chi connectivity index (χ1) is 13.8. The Bertz CT molecular complexity index is 903. The van der Waals surface area contributed by atoms with Crippen LogP contribution in [0.3, 0.4) is 0 Å². The highest BCUT2D eigenvalue weighted by atomic mass is 32.2. The summed E-state index contributed by atoms with van der Waals surface area (Å²) in [6, 6.07) is 10.1. The second-order valence-electron chi connectivity index (χ2n) is 6.92. The first-order valence-electron chi connectivity index (χ1n) is 9.48. The zero-order valence-electron chi connectivity index (χ0n) is 15.6. The highest BCUT2D eigenvalue weighted by Gasteiger charge is 2.21. The van der Waals surface area contributed by atoms with E-state index in [1.165, 1.54) is 24.6 Å². The summed E-state index contributed by atoms with van der Waals surface area (Å²) >= 11 is 1.53. The Morgan fingerprint density at radius 1 is 1.25 bits per heavy atom. The molecule has 1 saturated carbocycles. The number of hydrogen-bond acceptors (Lipinski definition) is 6. The number of carbonyl (C=O) groups excluding carboxylic acids is 1. The second-order valence-corrected chi connectivity index (χ2v) is 7.91. The average molecular weight is 398 g/mol. The van der Waals surface area contributed by atoms with Crippen molar-refractivity contribution in [2.75, 3.05) is 11.1 Å². The number of tetrazole rings is 1. The molecule has 0 aliphatic heterocycles. The number of benzene rings is 1. The van der Waals surface area contributed by atoms with Crippen molar-refractivity contribution in [3.63, 3.8) is 0 Å². The highest BCUT2D eigenvalue weighted by Crippen LogP contribution is 2.29. The number of nitrogens with one attached hydrogen (secondary N) is 1. The quantitative estimate of drug-likeness (QED) is 0.628. The van der Waals surface area contributed by atoms with E-state index < -0.39 is 0 Å². The molecule has 28 heavy (non-hydrogen) atoms. The van der Waals surface area contributed by atoms with Gasteiger partial charge in [-0.2, -0.15) is 5.10 Å². The molecule has 2 aromatic heterocycles. The third kappa shape index (κ3) is 4.78. The topological polar surface area (TPSA) is 90.5 Å². The molecule has 8 nitrogen and oxygen atoms in total. The van der Waals surface area contributed by atoms with Crippen LogP contribution in [0.2, 0.25) is 0 Å². The number of hydrogen-bond donors (Lipinski definition) is 1. The van der Waals surface area contributed by atoms with Crippen molar-refractivity contribution in [3.8, 4) is 0 Å². The van der Waals surface area contributed by atoms with Gasteiger partial charge in [-0.1, -0.05) is 25.0 Å². The summed E-state index contributed by atoms with van der Waals surface area (Å²) in [4.78, 5) is 12.3. The molecule has 0 saturated heterocycles. The summed E-state index contributed by atoms with van der Waals surface area (Å²) in [5.41, 5.74) is 1.89. The van der Waals surface area contributed by atoms with Crippen LogP contribution in [-0.4, -0.2) is 41.6 Å². The van der Waals surface area contributed by atoms with Crippen LogP contribution in [0.1, 0.15) is 43.1 Å². The van der Waals surface area contributed by atoms with Crippen LogP contribution in [0, 0.1) is 0 Å². The fourth-order valence-corrected chi connectivity index (χ4v) is 4.23. The van der Waals surface area contributed by atoms with Gasteiger partial charge in [0.15, 0.2) is 5.82 Å². The maximum atomic E-state index is 12.3. The number of anilines is 1. The fourth-order valence-electron chi connectivity index (χ4n) is 3.50. The minimum atomic E-state index is -0.0267. The summed E-state index contributed by atoms with van der Waals surface area (Å²) in [7, 11) is 0. The van der Waals surface area contributed by atoms with Crippen molar-refractivity contribution in [1.82, 2.24) is 30.0 Å². The van der Waals surface area contributed by atoms with Gasteiger partial charge in [-0.25, -0.2) is 4.68 Å². The zero-order valence-corrected chi connectivity index (χ0v) is 16.4. The smallest absolute Gasteiger partial charge is 0.234 e. The minimum absolute atomic E-state index is 0.0267. The molecular formula is C19H23N7OS. The molecule has 9 heteroatoms. The first-order valence-corrected chi connectivity index (χ1v) is 10.6. The Morgan fingerprint density at radius 3 is 2.96 bits per heavy atom. The average Bonchev–Trinajstić information content (AvgIpc) is 3.44. The molecule has 0 unspecified atom stereocenters. The lowest BCUT2D eigenvalue weighted by molar-refractivity contribution is -0.113. The number of rotatable bonds is 8. The first kappa shape index (κ1) is 18.7. The Hall–Kier alpha value is -2.68. The van der Waals surface area contributed by atoms with Gasteiger partial charge in [0.25, 0.3) is 0 Å². The van der Waals surface area contributed by atoms with E-state index in [4.69, 9.17) is 0 Å². The molecule has 146 valence electrons. The van der Waals surface area contributed by atoms with E-state index in [-0.39, 0.29) is 5.91 Å². The van der Waals surface area contributed by atoms with E-state index in [2.05, 4.69) is 25.9 Å². The molecule has 0 radical (unpaired) electrons. The molecule has 1 N–H and O–H groups in total. The Labute approximate surface area is 167 Å². The standard InChI is InChI=1S/C19H23N7OS/c27-19(14-28-13-18-22-23-24-26(18)17-7-1-2-8-17)21-16-6-3-5-15(11-16)12-25-10-4-9-20-25/h3-6,9-11,17H,1-2,7-8,12-14H2,(H,21,27). The van der Waals surface area contributed by atoms with Gasteiger partial charge in [0.05, 0.1) is 24.1 Å². The highest BCUT2D eigenvalue weighted by molar-refractivity contribution is 7.99. The summed E-state index contributed by atoms with van der Waals surface area (Å²) in [6.07, 6.45) is 8.42. The summed E-state index contributed by atoms with van der Waals surface area (Å²) in [6.45, 7) is 0.676. The summed E-state index contributed by atoms with van der Waals surface area (Å²) in [5, 5.41) is 19.3. The van der Waals surface area contributed by atoms with Crippen molar-refractivity contribution >= 4 is 23.4 Å². The lowest BCUT2D eigenvalue weighted by Gasteiger charge is -2.11. The fraction of sp³-hybridized carbons (Fsp3) is 0.421. The van der Waals surface area contributed by atoms with Crippen molar-refractivity contribution in [3.05, 3.63) is 54.1 Å². The molecule has 1 aliphatic carbocycles. The summed E-state index contributed by atoms with van der Waals surface area (Å²) in [5.74, 6) is 1.82. The van der Waals surface area contributed by atoms with Gasteiger partial charge in [-0.15, -0.1) is 16.9 Å². The molecule has 3 aromatic rings. The number of carbonyl (C=O) groups is 1. The van der Waals surface area contributed by atoms with Crippen LogP contribution in [-0.2, 0) is 17.1 Å². The monoisotopic (exact) mass is 397 g/mol. The van der Waals surface area contributed by atoms with Crippen molar-refractivity contribution in [2.24, 2.45) is 0 Å². The van der Waals surface area contributed by atoms with Gasteiger partial charge >= 0.3 is 0 Å². The molecule has 1 aromatic carbocycles. The SMILES string of the molecule is O=C(CSCc1nnnn1C1CCCC1)Nc1cccc(Cn2cccn2)c1. The van der Waals surface area contributed by atoms with E-state index in [0.29, 0.717) is 24.1 Å². The lowest BCUT2D eigenvalue weighted by atomic mass is 10.2. The van der Waals surface area contributed by atoms with Crippen LogP contribution < -0.4 is 5.32 Å². The van der Waals surface area contributed by atoms with Crippen molar-refractivity contribution in [1.29, 1.82) is 0 Å². The third-order valence-corrected chi connectivity index (χ3v) is 5.74. The molecule has 1 aliphatic rings. The largest absolute Gasteiger partial charge is 0.325 e. The molecule has 4 rings (SSSR count). The molecule has 1 amide bonds. The number of aromatic nitrogens is 6. The minimum Gasteiger partial charge on any atom is -0.325 e. The van der Waals surface area contributed by atoms with E-state index in [9.17, 15) is 4.79 Å². The van der Waals surface area contributed by atoms with Crippen LogP contribution in [0.4, 0.5) is 5.69 Å². The molecule has 0 atom stereocenters. The van der Waals surface area contributed by atoms with E-state index in [1.54, 1.807) is 6.20 Å². The Kier molecular flexibility index (Phi) is 6.01. The van der Waals surface area contributed by atoms with Crippen LogP contribution in [0.25, 0.3) is 0 Å².